The van der Waals surface area contributed by atoms with Crippen LogP contribution in [0.4, 0.5) is 0 Å². The van der Waals surface area contributed by atoms with Gasteiger partial charge in [0.15, 0.2) is 0 Å². The van der Waals surface area contributed by atoms with Crippen molar-refractivity contribution >= 4 is 11.3 Å². The van der Waals surface area contributed by atoms with Crippen LogP contribution in [0.5, 0.6) is 5.75 Å². The lowest BCUT2D eigenvalue weighted by Crippen LogP contribution is -2.20. The highest BCUT2D eigenvalue weighted by Gasteiger charge is 2.14. The molecule has 0 radical (unpaired) electrons. The van der Waals surface area contributed by atoms with Gasteiger partial charge in [-0.2, -0.15) is 0 Å². The van der Waals surface area contributed by atoms with Crippen LogP contribution in [0.3, 0.4) is 0 Å². The van der Waals surface area contributed by atoms with Crippen LogP contribution in [0.2, 0.25) is 0 Å². The number of nitrogens with one attached hydrogen (secondary N) is 1. The fraction of sp³-hybridized carbons (Fsp3) is 0.308. The quantitative estimate of drug-likeness (QED) is 0.883. The zero-order chi connectivity index (χ0) is 12.1. The van der Waals surface area contributed by atoms with E-state index in [0.29, 0.717) is 0 Å². The third-order valence-corrected chi connectivity index (χ3v) is 3.43. The van der Waals surface area contributed by atoms with E-state index in [2.05, 4.69) is 29.4 Å². The molecule has 0 saturated heterocycles. The number of benzene rings is 1. The van der Waals surface area contributed by atoms with Crippen LogP contribution in [0.15, 0.2) is 36.0 Å². The number of aromatic nitrogens is 1. The van der Waals surface area contributed by atoms with E-state index in [4.69, 9.17) is 4.74 Å². The molecule has 0 bridgehead atoms. The highest BCUT2D eigenvalue weighted by Crippen LogP contribution is 2.26. The molecule has 0 spiro atoms. The van der Waals surface area contributed by atoms with Gasteiger partial charge < -0.3 is 10.1 Å². The van der Waals surface area contributed by atoms with Gasteiger partial charge in [0.05, 0.1) is 18.7 Å². The van der Waals surface area contributed by atoms with Gasteiger partial charge in [0.1, 0.15) is 5.75 Å². The van der Waals surface area contributed by atoms with Crippen molar-refractivity contribution < 1.29 is 4.74 Å². The van der Waals surface area contributed by atoms with Crippen LogP contribution in [0, 0.1) is 0 Å². The highest BCUT2D eigenvalue weighted by atomic mass is 32.1. The predicted octanol–water partition coefficient (Wildman–Crippen LogP) is 2.85. The molecule has 2 rings (SSSR count). The summed E-state index contributed by atoms with van der Waals surface area (Å²) in [6, 6.07) is 8.37. The Bertz CT molecular complexity index is 439. The molecular formula is C13H16N2OS. The molecular weight excluding hydrogens is 232 g/mol. The van der Waals surface area contributed by atoms with E-state index in [9.17, 15) is 0 Å². The lowest BCUT2D eigenvalue weighted by Gasteiger charge is -2.16. The molecule has 1 N–H and O–H groups in total. The second-order valence-electron chi connectivity index (χ2n) is 3.67. The molecule has 0 saturated carbocycles. The van der Waals surface area contributed by atoms with E-state index in [1.54, 1.807) is 18.4 Å². The maximum atomic E-state index is 5.17. The van der Waals surface area contributed by atoms with E-state index in [1.165, 1.54) is 10.4 Å². The fourth-order valence-corrected chi connectivity index (χ4v) is 2.47. The minimum Gasteiger partial charge on any atom is -0.497 e. The van der Waals surface area contributed by atoms with Crippen LogP contribution in [-0.2, 0) is 0 Å². The van der Waals surface area contributed by atoms with Crippen LogP contribution in [0.1, 0.15) is 23.4 Å². The first-order valence-corrected chi connectivity index (χ1v) is 6.48. The number of nitrogens with zero attached hydrogens (tertiary/aromatic N) is 1. The van der Waals surface area contributed by atoms with E-state index < -0.39 is 0 Å². The standard InChI is InChI=1S/C13H16N2OS/c1-3-15-13(12-8-14-9-17-12)10-4-6-11(16-2)7-5-10/h4-9,13,15H,3H2,1-2H3. The first-order chi connectivity index (χ1) is 8.35. The number of thiazole rings is 1. The van der Waals surface area contributed by atoms with Crippen molar-refractivity contribution in [1.82, 2.24) is 10.3 Å². The van der Waals surface area contributed by atoms with Crippen LogP contribution >= 0.6 is 11.3 Å². The van der Waals surface area contributed by atoms with Gasteiger partial charge in [-0.05, 0) is 24.2 Å². The van der Waals surface area contributed by atoms with Gasteiger partial charge in [-0.25, -0.2) is 0 Å². The van der Waals surface area contributed by atoms with Crippen molar-refractivity contribution in [3.63, 3.8) is 0 Å². The lowest BCUT2D eigenvalue weighted by atomic mass is 10.1. The van der Waals surface area contributed by atoms with Crippen molar-refractivity contribution in [3.8, 4) is 5.75 Å². The molecule has 90 valence electrons. The number of hydrogen-bond donors (Lipinski definition) is 1. The largest absolute Gasteiger partial charge is 0.497 e. The summed E-state index contributed by atoms with van der Waals surface area (Å²) in [5.74, 6) is 0.883. The number of hydrogen-bond acceptors (Lipinski definition) is 4. The molecule has 1 atom stereocenters. The molecule has 0 aliphatic rings. The molecule has 0 amide bonds. The molecule has 3 nitrogen and oxygen atoms in total. The van der Waals surface area contributed by atoms with Crippen molar-refractivity contribution in [3.05, 3.63) is 46.4 Å². The number of rotatable bonds is 5. The Kier molecular flexibility index (Phi) is 4.12. The number of methoxy groups -OCH3 is 1. The third kappa shape index (κ3) is 2.84. The third-order valence-electron chi connectivity index (χ3n) is 2.59. The summed E-state index contributed by atoms with van der Waals surface area (Å²) in [5.41, 5.74) is 3.10. The van der Waals surface area contributed by atoms with Crippen LogP contribution in [0.25, 0.3) is 0 Å². The van der Waals surface area contributed by atoms with Gasteiger partial charge in [-0.1, -0.05) is 19.1 Å². The minimum atomic E-state index is 0.221. The molecule has 1 aromatic heterocycles. The minimum absolute atomic E-state index is 0.221. The monoisotopic (exact) mass is 248 g/mol. The van der Waals surface area contributed by atoms with Gasteiger partial charge in [0, 0.05) is 11.1 Å². The average molecular weight is 248 g/mol. The maximum Gasteiger partial charge on any atom is 0.118 e. The summed E-state index contributed by atoms with van der Waals surface area (Å²) in [5, 5.41) is 3.47. The second kappa shape index (κ2) is 5.80. The first kappa shape index (κ1) is 12.1. The summed E-state index contributed by atoms with van der Waals surface area (Å²) in [4.78, 5) is 5.37. The normalized spacial score (nSPS) is 12.4. The fourth-order valence-electron chi connectivity index (χ4n) is 1.75. The Labute approximate surface area is 105 Å². The topological polar surface area (TPSA) is 34.1 Å². The maximum absolute atomic E-state index is 5.17. The summed E-state index contributed by atoms with van der Waals surface area (Å²) in [6.45, 7) is 3.03. The highest BCUT2D eigenvalue weighted by molar-refractivity contribution is 7.09. The zero-order valence-electron chi connectivity index (χ0n) is 10.0. The summed E-state index contributed by atoms with van der Waals surface area (Å²) in [7, 11) is 1.68. The van der Waals surface area contributed by atoms with E-state index in [0.717, 1.165) is 12.3 Å². The molecule has 0 aliphatic carbocycles. The Hall–Kier alpha value is -1.39. The second-order valence-corrected chi connectivity index (χ2v) is 4.59. The molecule has 0 fully saturated rings. The Morgan fingerprint density at radius 2 is 2.12 bits per heavy atom. The van der Waals surface area contributed by atoms with E-state index in [1.807, 2.05) is 23.8 Å². The molecule has 0 aliphatic heterocycles. The Morgan fingerprint density at radius 3 is 2.65 bits per heavy atom. The van der Waals surface area contributed by atoms with Crippen molar-refractivity contribution in [1.29, 1.82) is 0 Å². The molecule has 17 heavy (non-hydrogen) atoms. The Balaban J connectivity index is 2.26. The van der Waals surface area contributed by atoms with Crippen molar-refractivity contribution in [2.24, 2.45) is 0 Å². The van der Waals surface area contributed by atoms with Crippen molar-refractivity contribution in [2.45, 2.75) is 13.0 Å². The van der Waals surface area contributed by atoms with Gasteiger partial charge >= 0.3 is 0 Å². The SMILES string of the molecule is CCNC(c1ccc(OC)cc1)c1cncs1. The number of ether oxygens (including phenoxy) is 1. The van der Waals surface area contributed by atoms with Crippen molar-refractivity contribution in [2.75, 3.05) is 13.7 Å². The zero-order valence-corrected chi connectivity index (χ0v) is 10.8. The van der Waals surface area contributed by atoms with Gasteiger partial charge in [-0.3, -0.25) is 4.98 Å². The molecule has 2 aromatic rings. The van der Waals surface area contributed by atoms with Crippen LogP contribution in [-0.4, -0.2) is 18.6 Å². The van der Waals surface area contributed by atoms with Gasteiger partial charge in [0.25, 0.3) is 0 Å². The summed E-state index contributed by atoms with van der Waals surface area (Å²) < 4.78 is 5.17. The molecule has 1 aromatic carbocycles. The van der Waals surface area contributed by atoms with E-state index in [-0.39, 0.29) is 6.04 Å². The predicted molar refractivity (Wildman–Crippen MR) is 70.6 cm³/mol. The average Bonchev–Trinajstić information content (AvgIpc) is 2.90. The molecule has 1 heterocycles. The van der Waals surface area contributed by atoms with Crippen LogP contribution < -0.4 is 10.1 Å². The molecule has 4 heteroatoms. The first-order valence-electron chi connectivity index (χ1n) is 5.61. The lowest BCUT2D eigenvalue weighted by molar-refractivity contribution is 0.414. The molecule has 1 unspecified atom stereocenters. The van der Waals surface area contributed by atoms with Gasteiger partial charge in [0.2, 0.25) is 0 Å². The smallest absolute Gasteiger partial charge is 0.118 e. The van der Waals surface area contributed by atoms with Gasteiger partial charge in [-0.15, -0.1) is 11.3 Å². The summed E-state index contributed by atoms with van der Waals surface area (Å²) >= 11 is 1.67. The summed E-state index contributed by atoms with van der Waals surface area (Å²) in [6.07, 6.45) is 1.92. The Morgan fingerprint density at radius 1 is 1.35 bits per heavy atom. The van der Waals surface area contributed by atoms with E-state index >= 15 is 0 Å².